The minimum Gasteiger partial charge on any atom is -0.353 e. The molecule has 0 aliphatic heterocycles. The SMILES string of the molecule is CCOC(C)OC(/C=C/I)C1(C)CCC1. The van der Waals surface area contributed by atoms with Crippen LogP contribution in [-0.2, 0) is 9.47 Å². The Morgan fingerprint density at radius 3 is 2.53 bits per heavy atom. The highest BCUT2D eigenvalue weighted by atomic mass is 127. The molecule has 0 saturated heterocycles. The zero-order valence-electron chi connectivity index (χ0n) is 9.83. The van der Waals surface area contributed by atoms with Gasteiger partial charge in [0.05, 0.1) is 6.10 Å². The normalized spacial score (nSPS) is 23.7. The fourth-order valence-corrected chi connectivity index (χ4v) is 2.38. The van der Waals surface area contributed by atoms with Gasteiger partial charge in [-0.2, -0.15) is 0 Å². The Kier molecular flexibility index (Phi) is 5.57. The summed E-state index contributed by atoms with van der Waals surface area (Å²) in [6.45, 7) is 6.97. The molecule has 88 valence electrons. The molecule has 1 aliphatic carbocycles. The van der Waals surface area contributed by atoms with E-state index in [-0.39, 0.29) is 12.4 Å². The van der Waals surface area contributed by atoms with Gasteiger partial charge in [0.15, 0.2) is 6.29 Å². The maximum atomic E-state index is 5.92. The lowest BCUT2D eigenvalue weighted by atomic mass is 9.66. The fourth-order valence-electron chi connectivity index (χ4n) is 2.01. The van der Waals surface area contributed by atoms with Gasteiger partial charge in [0.1, 0.15) is 0 Å². The van der Waals surface area contributed by atoms with E-state index in [9.17, 15) is 0 Å². The highest BCUT2D eigenvalue weighted by Gasteiger charge is 2.39. The van der Waals surface area contributed by atoms with Gasteiger partial charge in [0.2, 0.25) is 0 Å². The van der Waals surface area contributed by atoms with Gasteiger partial charge in [-0.25, -0.2) is 0 Å². The summed E-state index contributed by atoms with van der Waals surface area (Å²) < 4.78 is 13.4. The molecule has 0 aromatic heterocycles. The van der Waals surface area contributed by atoms with Crippen LogP contribution in [0.25, 0.3) is 0 Å². The summed E-state index contributed by atoms with van der Waals surface area (Å²) in [6.07, 6.45) is 6.09. The van der Waals surface area contributed by atoms with Crippen LogP contribution in [0.1, 0.15) is 40.0 Å². The quantitative estimate of drug-likeness (QED) is 0.545. The summed E-state index contributed by atoms with van der Waals surface area (Å²) >= 11 is 2.25. The first-order chi connectivity index (χ1) is 7.12. The minimum atomic E-state index is -0.106. The summed E-state index contributed by atoms with van der Waals surface area (Å²) in [5.74, 6) is 0. The van der Waals surface area contributed by atoms with Crippen molar-refractivity contribution >= 4 is 22.6 Å². The van der Waals surface area contributed by atoms with Crippen LogP contribution in [0.2, 0.25) is 0 Å². The Morgan fingerprint density at radius 2 is 2.13 bits per heavy atom. The van der Waals surface area contributed by atoms with E-state index in [4.69, 9.17) is 9.47 Å². The van der Waals surface area contributed by atoms with Crippen LogP contribution in [0.15, 0.2) is 10.2 Å². The number of halogens is 1. The van der Waals surface area contributed by atoms with E-state index in [0.29, 0.717) is 12.0 Å². The second-order valence-electron chi connectivity index (χ2n) is 4.41. The third-order valence-electron chi connectivity index (χ3n) is 3.17. The van der Waals surface area contributed by atoms with E-state index in [1.54, 1.807) is 0 Å². The average molecular weight is 324 g/mol. The van der Waals surface area contributed by atoms with Gasteiger partial charge in [0.25, 0.3) is 0 Å². The summed E-state index contributed by atoms with van der Waals surface area (Å²) in [5.41, 5.74) is 0.326. The minimum absolute atomic E-state index is 0.106. The molecular formula is C12H21IO2. The van der Waals surface area contributed by atoms with E-state index in [2.05, 4.69) is 35.6 Å². The molecule has 0 bridgehead atoms. The molecule has 2 atom stereocenters. The third kappa shape index (κ3) is 3.71. The molecule has 0 aromatic carbocycles. The van der Waals surface area contributed by atoms with Crippen LogP contribution in [0.3, 0.4) is 0 Å². The van der Waals surface area contributed by atoms with E-state index in [1.807, 2.05) is 17.9 Å². The van der Waals surface area contributed by atoms with Crippen molar-refractivity contribution in [2.24, 2.45) is 5.41 Å². The molecule has 1 saturated carbocycles. The summed E-state index contributed by atoms with van der Waals surface area (Å²) in [7, 11) is 0. The van der Waals surface area contributed by atoms with Gasteiger partial charge in [-0.3, -0.25) is 0 Å². The first-order valence-electron chi connectivity index (χ1n) is 5.66. The maximum Gasteiger partial charge on any atom is 0.155 e. The molecule has 0 N–H and O–H groups in total. The highest BCUT2D eigenvalue weighted by molar-refractivity contribution is 14.1. The molecule has 0 radical (unpaired) electrons. The standard InChI is InChI=1S/C12H21IO2/c1-4-14-10(2)15-11(6-9-13)12(3)7-5-8-12/h6,9-11H,4-5,7-8H2,1-3H3/b9-6+. The van der Waals surface area contributed by atoms with Crippen molar-refractivity contribution in [3.8, 4) is 0 Å². The van der Waals surface area contributed by atoms with Gasteiger partial charge in [-0.05, 0) is 42.3 Å². The largest absolute Gasteiger partial charge is 0.353 e. The van der Waals surface area contributed by atoms with Crippen LogP contribution in [0.4, 0.5) is 0 Å². The van der Waals surface area contributed by atoms with Crippen molar-refractivity contribution in [1.82, 2.24) is 0 Å². The Hall–Kier alpha value is 0.390. The average Bonchev–Trinajstić information content (AvgIpc) is 2.14. The molecule has 2 unspecified atom stereocenters. The number of hydrogen-bond acceptors (Lipinski definition) is 2. The molecule has 15 heavy (non-hydrogen) atoms. The molecule has 0 heterocycles. The smallest absolute Gasteiger partial charge is 0.155 e. The predicted molar refractivity (Wildman–Crippen MR) is 71.1 cm³/mol. The molecule has 1 fully saturated rings. The maximum absolute atomic E-state index is 5.92. The summed E-state index contributed by atoms with van der Waals surface area (Å²) in [5, 5.41) is 0. The van der Waals surface area contributed by atoms with Crippen molar-refractivity contribution in [3.63, 3.8) is 0 Å². The molecule has 3 heteroatoms. The van der Waals surface area contributed by atoms with Crippen molar-refractivity contribution in [1.29, 1.82) is 0 Å². The van der Waals surface area contributed by atoms with Crippen LogP contribution < -0.4 is 0 Å². The van der Waals surface area contributed by atoms with Crippen molar-refractivity contribution in [3.05, 3.63) is 10.2 Å². The van der Waals surface area contributed by atoms with E-state index in [0.717, 1.165) is 0 Å². The van der Waals surface area contributed by atoms with Crippen LogP contribution >= 0.6 is 22.6 Å². The third-order valence-corrected chi connectivity index (χ3v) is 3.59. The summed E-state index contributed by atoms with van der Waals surface area (Å²) in [4.78, 5) is 0. The first kappa shape index (κ1) is 13.5. The van der Waals surface area contributed by atoms with Gasteiger partial charge in [-0.1, -0.05) is 35.9 Å². The molecule has 0 spiro atoms. The Labute approximate surface area is 107 Å². The zero-order valence-corrected chi connectivity index (χ0v) is 12.0. The first-order valence-corrected chi connectivity index (χ1v) is 6.91. The predicted octanol–water partition coefficient (Wildman–Crippen LogP) is 3.89. The van der Waals surface area contributed by atoms with E-state index in [1.165, 1.54) is 19.3 Å². The van der Waals surface area contributed by atoms with Crippen LogP contribution in [0.5, 0.6) is 0 Å². The monoisotopic (exact) mass is 324 g/mol. The molecule has 0 aromatic rings. The van der Waals surface area contributed by atoms with E-state index >= 15 is 0 Å². The van der Waals surface area contributed by atoms with Crippen molar-refractivity contribution in [2.75, 3.05) is 6.61 Å². The molecule has 1 aliphatic rings. The lowest BCUT2D eigenvalue weighted by Gasteiger charge is -2.44. The molecule has 2 nitrogen and oxygen atoms in total. The lowest BCUT2D eigenvalue weighted by molar-refractivity contribution is -0.181. The van der Waals surface area contributed by atoms with Crippen molar-refractivity contribution < 1.29 is 9.47 Å². The summed E-state index contributed by atoms with van der Waals surface area (Å²) in [6, 6.07) is 0. The zero-order chi connectivity index (χ0) is 11.3. The lowest BCUT2D eigenvalue weighted by Crippen LogP contribution is -2.41. The van der Waals surface area contributed by atoms with Crippen LogP contribution in [-0.4, -0.2) is 19.0 Å². The number of hydrogen-bond donors (Lipinski definition) is 0. The Morgan fingerprint density at radius 1 is 1.47 bits per heavy atom. The highest BCUT2D eigenvalue weighted by Crippen LogP contribution is 2.45. The van der Waals surface area contributed by atoms with E-state index < -0.39 is 0 Å². The van der Waals surface area contributed by atoms with Gasteiger partial charge >= 0.3 is 0 Å². The molecule has 1 rings (SSSR count). The topological polar surface area (TPSA) is 18.5 Å². The van der Waals surface area contributed by atoms with Gasteiger partial charge in [0, 0.05) is 6.61 Å². The Bertz CT molecular complexity index is 212. The van der Waals surface area contributed by atoms with Crippen molar-refractivity contribution in [2.45, 2.75) is 52.4 Å². The fraction of sp³-hybridized carbons (Fsp3) is 0.833. The van der Waals surface area contributed by atoms with Crippen LogP contribution in [0, 0.1) is 5.41 Å². The number of rotatable bonds is 6. The molecular weight excluding hydrogens is 303 g/mol. The van der Waals surface area contributed by atoms with Gasteiger partial charge in [-0.15, -0.1) is 0 Å². The molecule has 0 amide bonds. The second-order valence-corrected chi connectivity index (χ2v) is 5.12. The van der Waals surface area contributed by atoms with Gasteiger partial charge < -0.3 is 9.47 Å². The second kappa shape index (κ2) is 6.21. The Balaban J connectivity index is 2.50. The number of ether oxygens (including phenoxy) is 2.